The second-order valence-electron chi connectivity index (χ2n) is 4.40. The van der Waals surface area contributed by atoms with Gasteiger partial charge in [-0.3, -0.25) is 4.68 Å². The van der Waals surface area contributed by atoms with E-state index < -0.39 is 0 Å². The van der Waals surface area contributed by atoms with Gasteiger partial charge in [0.2, 0.25) is 0 Å². The van der Waals surface area contributed by atoms with Crippen LogP contribution in [0.25, 0.3) is 0 Å². The van der Waals surface area contributed by atoms with Crippen molar-refractivity contribution < 1.29 is 14.6 Å². The maximum Gasteiger partial charge on any atom is 0.317 e. The predicted octanol–water partition coefficient (Wildman–Crippen LogP) is -0.282. The van der Waals surface area contributed by atoms with Crippen LogP contribution in [0.15, 0.2) is 6.20 Å². The highest BCUT2D eigenvalue weighted by Gasteiger charge is 2.26. The first-order valence-electron chi connectivity index (χ1n) is 5.84. The molecular weight excluding hydrogens is 236 g/mol. The van der Waals surface area contributed by atoms with Gasteiger partial charge in [0, 0.05) is 19.7 Å². The molecule has 2 amide bonds. The van der Waals surface area contributed by atoms with Crippen LogP contribution in [-0.2, 0) is 17.9 Å². The second-order valence-corrected chi connectivity index (χ2v) is 4.40. The number of fused-ring (bicyclic) bond motifs is 1. The summed E-state index contributed by atoms with van der Waals surface area (Å²) >= 11 is 0. The minimum atomic E-state index is -0.184. The summed E-state index contributed by atoms with van der Waals surface area (Å²) in [4.78, 5) is 13.1. The predicted molar refractivity (Wildman–Crippen MR) is 63.9 cm³/mol. The van der Waals surface area contributed by atoms with Crippen molar-refractivity contribution in [3.63, 3.8) is 0 Å². The van der Waals surface area contributed by atoms with Crippen molar-refractivity contribution in [1.29, 1.82) is 0 Å². The lowest BCUT2D eigenvalue weighted by molar-refractivity contribution is 0.0769. The third-order valence-electron chi connectivity index (χ3n) is 2.90. The second kappa shape index (κ2) is 5.36. The summed E-state index contributed by atoms with van der Waals surface area (Å²) < 4.78 is 7.17. The summed E-state index contributed by atoms with van der Waals surface area (Å²) in [5, 5.41) is 16.0. The Kier molecular flexibility index (Phi) is 3.83. The number of carbonyl (C=O) groups is 1. The fourth-order valence-electron chi connectivity index (χ4n) is 1.92. The van der Waals surface area contributed by atoms with Gasteiger partial charge < -0.3 is 20.1 Å². The molecule has 0 saturated heterocycles. The molecule has 0 bridgehead atoms. The molecule has 1 aliphatic rings. The number of urea groups is 1. The number of aromatic nitrogens is 2. The largest absolute Gasteiger partial charge is 0.394 e. The molecule has 18 heavy (non-hydrogen) atoms. The molecule has 2 N–H and O–H groups in total. The van der Waals surface area contributed by atoms with E-state index >= 15 is 0 Å². The van der Waals surface area contributed by atoms with E-state index in [9.17, 15) is 4.79 Å². The van der Waals surface area contributed by atoms with Gasteiger partial charge in [0.1, 0.15) is 0 Å². The van der Waals surface area contributed by atoms with E-state index in [0.29, 0.717) is 19.8 Å². The maximum absolute atomic E-state index is 11.6. The normalized spacial score (nSPS) is 18.3. The Balaban J connectivity index is 2.15. The molecule has 0 aliphatic carbocycles. The molecule has 2 heterocycles. The zero-order valence-corrected chi connectivity index (χ0v) is 10.6. The van der Waals surface area contributed by atoms with Gasteiger partial charge in [0.15, 0.2) is 0 Å². The number of hydrogen-bond acceptors (Lipinski definition) is 4. The number of aliphatic hydroxyl groups is 1. The molecule has 1 aromatic rings. The highest BCUT2D eigenvalue weighted by atomic mass is 16.5. The van der Waals surface area contributed by atoms with Crippen molar-refractivity contribution in [3.8, 4) is 0 Å². The lowest BCUT2D eigenvalue weighted by Gasteiger charge is -2.25. The van der Waals surface area contributed by atoms with Gasteiger partial charge in [-0.05, 0) is 0 Å². The van der Waals surface area contributed by atoms with Crippen LogP contribution in [0.4, 0.5) is 4.79 Å². The number of rotatable bonds is 3. The van der Waals surface area contributed by atoms with Crippen molar-refractivity contribution in [3.05, 3.63) is 17.5 Å². The van der Waals surface area contributed by atoms with E-state index in [4.69, 9.17) is 9.84 Å². The Morgan fingerprint density at radius 2 is 2.50 bits per heavy atom. The molecule has 7 heteroatoms. The van der Waals surface area contributed by atoms with E-state index in [1.165, 1.54) is 4.90 Å². The lowest BCUT2D eigenvalue weighted by atomic mass is 10.1. The first-order valence-corrected chi connectivity index (χ1v) is 5.84. The van der Waals surface area contributed by atoms with Gasteiger partial charge in [0.25, 0.3) is 0 Å². The molecule has 7 nitrogen and oxygen atoms in total. The number of nitrogens with one attached hydrogen (secondary N) is 1. The van der Waals surface area contributed by atoms with Gasteiger partial charge in [-0.2, -0.15) is 5.10 Å². The lowest BCUT2D eigenvalue weighted by Crippen LogP contribution is -2.40. The van der Waals surface area contributed by atoms with E-state index in [1.54, 1.807) is 25.0 Å². The third kappa shape index (κ3) is 2.46. The van der Waals surface area contributed by atoms with E-state index in [2.05, 4.69) is 10.4 Å². The van der Waals surface area contributed by atoms with Gasteiger partial charge >= 0.3 is 6.03 Å². The summed E-state index contributed by atoms with van der Waals surface area (Å²) in [7, 11) is 3.38. The van der Waals surface area contributed by atoms with Crippen LogP contribution in [0.1, 0.15) is 17.3 Å². The van der Waals surface area contributed by atoms with Crippen molar-refractivity contribution in [2.45, 2.75) is 19.2 Å². The van der Waals surface area contributed by atoms with Crippen molar-refractivity contribution in [2.24, 2.45) is 0 Å². The first kappa shape index (κ1) is 12.8. The van der Waals surface area contributed by atoms with Crippen LogP contribution < -0.4 is 5.32 Å². The quantitative estimate of drug-likeness (QED) is 0.777. The number of aliphatic hydroxyl groups excluding tert-OH is 1. The molecule has 2 rings (SSSR count). The van der Waals surface area contributed by atoms with E-state index in [0.717, 1.165) is 11.3 Å². The average molecular weight is 254 g/mol. The average Bonchev–Trinajstić information content (AvgIpc) is 2.74. The topological polar surface area (TPSA) is 79.6 Å². The van der Waals surface area contributed by atoms with Crippen LogP contribution in [0, 0.1) is 0 Å². The minimum absolute atomic E-state index is 0.0306. The van der Waals surface area contributed by atoms with Crippen LogP contribution in [0.3, 0.4) is 0 Å². The highest BCUT2D eigenvalue weighted by molar-refractivity contribution is 5.74. The molecule has 0 radical (unpaired) electrons. The molecule has 0 aromatic carbocycles. The fraction of sp³-hybridized carbons (Fsp3) is 0.636. The van der Waals surface area contributed by atoms with Crippen LogP contribution >= 0.6 is 0 Å². The molecule has 0 fully saturated rings. The van der Waals surface area contributed by atoms with Crippen molar-refractivity contribution in [2.75, 3.05) is 27.3 Å². The number of amides is 2. The summed E-state index contributed by atoms with van der Waals surface area (Å²) in [6, 6.07) is -0.345. The van der Waals surface area contributed by atoms with E-state index in [1.807, 2.05) is 0 Å². The van der Waals surface area contributed by atoms with Crippen LogP contribution in [0.2, 0.25) is 0 Å². The van der Waals surface area contributed by atoms with Crippen LogP contribution in [0.5, 0.6) is 0 Å². The molecule has 0 saturated carbocycles. The fourth-order valence-corrected chi connectivity index (χ4v) is 1.92. The number of carbonyl (C=O) groups excluding carboxylic acids is 1. The zero-order valence-electron chi connectivity index (χ0n) is 10.6. The molecule has 1 aromatic heterocycles. The number of nitrogens with zero attached hydrogens (tertiary/aromatic N) is 3. The third-order valence-corrected chi connectivity index (χ3v) is 2.90. The summed E-state index contributed by atoms with van der Waals surface area (Å²) in [6.07, 6.45) is 1.73. The first-order chi connectivity index (χ1) is 8.63. The zero-order chi connectivity index (χ0) is 13.1. The molecule has 100 valence electrons. The number of hydrogen-bond donors (Lipinski definition) is 2. The minimum Gasteiger partial charge on any atom is -0.394 e. The maximum atomic E-state index is 11.6. The van der Waals surface area contributed by atoms with Crippen molar-refractivity contribution >= 4 is 6.03 Å². The molecule has 1 aliphatic heterocycles. The molecule has 1 atom stereocenters. The van der Waals surface area contributed by atoms with E-state index in [-0.39, 0.29) is 18.7 Å². The molecule has 0 spiro atoms. The number of ether oxygens (including phenoxy) is 1. The molecule has 0 unspecified atom stereocenters. The Morgan fingerprint density at radius 3 is 3.17 bits per heavy atom. The Labute approximate surface area is 105 Å². The standard InChI is InChI=1S/C11H18N4O3/c1-14(2)11(17)13-9-6-18-7-10-8(9)5-12-15(10)3-4-16/h5,9,16H,3-4,6-7H2,1-2H3,(H,13,17)/t9-/m1/s1. The van der Waals surface area contributed by atoms with Crippen molar-refractivity contribution in [1.82, 2.24) is 20.0 Å². The van der Waals surface area contributed by atoms with Gasteiger partial charge in [0.05, 0.1) is 44.3 Å². The van der Waals surface area contributed by atoms with Gasteiger partial charge in [-0.1, -0.05) is 0 Å². The SMILES string of the molecule is CN(C)C(=O)N[C@@H]1COCc2c1cnn2CCO. The van der Waals surface area contributed by atoms with Gasteiger partial charge in [-0.15, -0.1) is 0 Å². The Bertz CT molecular complexity index is 430. The molecular formula is C11H18N4O3. The smallest absolute Gasteiger partial charge is 0.317 e. The highest BCUT2D eigenvalue weighted by Crippen LogP contribution is 2.24. The Morgan fingerprint density at radius 1 is 1.72 bits per heavy atom. The van der Waals surface area contributed by atoms with Crippen LogP contribution in [-0.4, -0.2) is 53.1 Å². The van der Waals surface area contributed by atoms with Gasteiger partial charge in [-0.25, -0.2) is 4.79 Å². The monoisotopic (exact) mass is 254 g/mol. The summed E-state index contributed by atoms with van der Waals surface area (Å²) in [6.45, 7) is 1.37. The summed E-state index contributed by atoms with van der Waals surface area (Å²) in [5.74, 6) is 0. The summed E-state index contributed by atoms with van der Waals surface area (Å²) in [5.41, 5.74) is 1.88. The Hall–Kier alpha value is -1.60.